The number of carbonyl (C=O) groups excluding carboxylic acids is 2. The number of esters is 2. The van der Waals surface area contributed by atoms with E-state index in [1.807, 2.05) is 0 Å². The number of allylic oxidation sites excluding steroid dienone is 4. The maximum Gasteiger partial charge on any atom is 0.426 e. The van der Waals surface area contributed by atoms with E-state index >= 15 is 0 Å². The van der Waals surface area contributed by atoms with Gasteiger partial charge in [0, 0.05) is 6.20 Å². The second-order valence-electron chi connectivity index (χ2n) is 5.63. The van der Waals surface area contributed by atoms with Gasteiger partial charge >= 0.3 is 17.7 Å². The molecule has 0 amide bonds. The molecule has 2 aromatic rings. The summed E-state index contributed by atoms with van der Waals surface area (Å²) < 4.78 is 15.7. The van der Waals surface area contributed by atoms with Gasteiger partial charge in [0.15, 0.2) is 5.92 Å². The molecule has 0 bridgehead atoms. The Balaban J connectivity index is 2.14. The summed E-state index contributed by atoms with van der Waals surface area (Å²) in [5, 5.41) is 0.285. The van der Waals surface area contributed by atoms with Gasteiger partial charge in [0.25, 0.3) is 5.56 Å². The van der Waals surface area contributed by atoms with Gasteiger partial charge in [0.2, 0.25) is 0 Å². The first-order valence-electron chi connectivity index (χ1n) is 8.98. The zero-order chi connectivity index (χ0) is 21.2. The van der Waals surface area contributed by atoms with Crippen molar-refractivity contribution >= 4 is 29.1 Å². The van der Waals surface area contributed by atoms with Crippen LogP contribution in [0.25, 0.3) is 17.2 Å². The van der Waals surface area contributed by atoms with Gasteiger partial charge in [-0.15, -0.1) is 0 Å². The SMILES string of the molecule is CCOC(=O)C(/C=C/C=C/C=C\n1c(=O)oc2ccccc2c1=O)C(=O)OCC. The molecule has 8 heteroatoms. The molecule has 0 radical (unpaired) electrons. The fourth-order valence-electron chi connectivity index (χ4n) is 2.37. The van der Waals surface area contributed by atoms with Crippen molar-refractivity contribution in [1.29, 1.82) is 0 Å². The van der Waals surface area contributed by atoms with E-state index in [4.69, 9.17) is 13.9 Å². The largest absolute Gasteiger partial charge is 0.465 e. The van der Waals surface area contributed by atoms with Gasteiger partial charge in [-0.2, -0.15) is 0 Å². The van der Waals surface area contributed by atoms with Gasteiger partial charge in [-0.1, -0.05) is 36.4 Å². The van der Waals surface area contributed by atoms with E-state index < -0.39 is 29.2 Å². The Morgan fingerprint density at radius 1 is 1.00 bits per heavy atom. The van der Waals surface area contributed by atoms with E-state index in [2.05, 4.69) is 0 Å². The average Bonchev–Trinajstić information content (AvgIpc) is 2.69. The van der Waals surface area contributed by atoms with Crippen molar-refractivity contribution in [3.05, 3.63) is 75.5 Å². The molecule has 29 heavy (non-hydrogen) atoms. The van der Waals surface area contributed by atoms with Crippen molar-refractivity contribution in [3.63, 3.8) is 0 Å². The van der Waals surface area contributed by atoms with Gasteiger partial charge < -0.3 is 13.9 Å². The predicted molar refractivity (Wildman–Crippen MR) is 107 cm³/mol. The molecule has 0 spiro atoms. The van der Waals surface area contributed by atoms with Crippen LogP contribution in [0.5, 0.6) is 0 Å². The summed E-state index contributed by atoms with van der Waals surface area (Å²) in [4.78, 5) is 48.0. The molecule has 152 valence electrons. The molecule has 0 saturated heterocycles. The van der Waals surface area contributed by atoms with E-state index in [9.17, 15) is 19.2 Å². The highest BCUT2D eigenvalue weighted by molar-refractivity contribution is 5.97. The number of aromatic nitrogens is 1. The standard InChI is InChI=1S/C21H21NO7/c1-3-27-19(24)16(20(25)28-4-2)12-7-5-6-10-14-22-18(23)15-11-8-9-13-17(15)29-21(22)26/h5-14,16H,3-4H2,1-2H3/b6-5+,12-7+,14-10-. The number of rotatable bonds is 8. The lowest BCUT2D eigenvalue weighted by molar-refractivity contribution is -0.158. The first kappa shape index (κ1) is 21.6. The van der Waals surface area contributed by atoms with Crippen LogP contribution >= 0.6 is 0 Å². The average molecular weight is 399 g/mol. The number of para-hydroxylation sites is 1. The van der Waals surface area contributed by atoms with Crippen molar-refractivity contribution in [2.24, 2.45) is 5.92 Å². The lowest BCUT2D eigenvalue weighted by Gasteiger charge is -2.10. The maximum atomic E-state index is 12.3. The fraction of sp³-hybridized carbons (Fsp3) is 0.238. The molecule has 0 aliphatic rings. The van der Waals surface area contributed by atoms with Gasteiger partial charge in [-0.25, -0.2) is 9.36 Å². The van der Waals surface area contributed by atoms with Crippen LogP contribution in [-0.4, -0.2) is 29.7 Å². The number of ether oxygens (including phenoxy) is 2. The number of nitrogens with zero attached hydrogens (tertiary/aromatic N) is 1. The minimum Gasteiger partial charge on any atom is -0.465 e. The Kier molecular flexibility index (Phi) is 7.90. The number of benzene rings is 1. The highest BCUT2D eigenvalue weighted by atomic mass is 16.6. The monoisotopic (exact) mass is 399 g/mol. The van der Waals surface area contributed by atoms with Crippen molar-refractivity contribution in [3.8, 4) is 0 Å². The summed E-state index contributed by atoms with van der Waals surface area (Å²) in [7, 11) is 0. The third kappa shape index (κ3) is 5.65. The van der Waals surface area contributed by atoms with Gasteiger partial charge in [-0.3, -0.25) is 14.4 Å². The molecule has 0 atom stereocenters. The molecule has 8 nitrogen and oxygen atoms in total. The molecular weight excluding hydrogens is 378 g/mol. The molecule has 2 rings (SSSR count). The van der Waals surface area contributed by atoms with Gasteiger partial charge in [0.05, 0.1) is 18.6 Å². The van der Waals surface area contributed by atoms with Crippen LogP contribution in [-0.2, 0) is 19.1 Å². The minimum atomic E-state index is -1.17. The number of hydrogen-bond acceptors (Lipinski definition) is 7. The molecule has 1 heterocycles. The number of fused-ring (bicyclic) bond motifs is 1. The molecule has 0 aliphatic carbocycles. The van der Waals surface area contributed by atoms with Crippen LogP contribution < -0.4 is 11.3 Å². The van der Waals surface area contributed by atoms with Gasteiger partial charge in [-0.05, 0) is 32.1 Å². The Morgan fingerprint density at radius 3 is 2.28 bits per heavy atom. The lowest BCUT2D eigenvalue weighted by Crippen LogP contribution is -2.28. The van der Waals surface area contributed by atoms with E-state index in [1.165, 1.54) is 36.6 Å². The number of carbonyl (C=O) groups is 2. The molecule has 0 aliphatic heterocycles. The fourth-order valence-corrected chi connectivity index (χ4v) is 2.37. The Bertz CT molecular complexity index is 1050. The second kappa shape index (κ2) is 10.6. The van der Waals surface area contributed by atoms with E-state index in [0.29, 0.717) is 0 Å². The van der Waals surface area contributed by atoms with Crippen LogP contribution in [0.2, 0.25) is 0 Å². The van der Waals surface area contributed by atoms with Crippen molar-refractivity contribution in [2.45, 2.75) is 13.8 Å². The van der Waals surface area contributed by atoms with Crippen LogP contribution in [0.4, 0.5) is 0 Å². The van der Waals surface area contributed by atoms with E-state index in [0.717, 1.165) is 4.57 Å². The summed E-state index contributed by atoms with van der Waals surface area (Å²) >= 11 is 0. The highest BCUT2D eigenvalue weighted by Crippen LogP contribution is 2.07. The minimum absolute atomic E-state index is 0.143. The van der Waals surface area contributed by atoms with E-state index in [1.54, 1.807) is 38.1 Å². The first-order valence-corrected chi connectivity index (χ1v) is 8.98. The Hall–Kier alpha value is -3.68. The molecule has 0 saturated carbocycles. The van der Waals surface area contributed by atoms with Crippen LogP contribution in [0.1, 0.15) is 13.8 Å². The normalized spacial score (nSPS) is 11.8. The smallest absolute Gasteiger partial charge is 0.426 e. The maximum absolute atomic E-state index is 12.3. The van der Waals surface area contributed by atoms with Gasteiger partial charge in [0.1, 0.15) is 5.58 Å². The molecule has 0 N–H and O–H groups in total. The van der Waals surface area contributed by atoms with Crippen molar-refractivity contribution < 1.29 is 23.5 Å². The lowest BCUT2D eigenvalue weighted by atomic mass is 10.1. The first-order chi connectivity index (χ1) is 14.0. The molecule has 0 fully saturated rings. The molecule has 1 aromatic heterocycles. The van der Waals surface area contributed by atoms with Crippen LogP contribution in [0.15, 0.2) is 68.7 Å². The second-order valence-corrected chi connectivity index (χ2v) is 5.63. The summed E-state index contributed by atoms with van der Waals surface area (Å²) in [6.07, 6.45) is 8.56. The van der Waals surface area contributed by atoms with E-state index in [-0.39, 0.29) is 24.2 Å². The predicted octanol–water partition coefficient (Wildman–Crippen LogP) is 2.28. The summed E-state index contributed by atoms with van der Waals surface area (Å²) in [6, 6.07) is 6.45. The number of hydrogen-bond donors (Lipinski definition) is 0. The molecular formula is C21H21NO7. The Morgan fingerprint density at radius 2 is 1.62 bits per heavy atom. The van der Waals surface area contributed by atoms with Crippen molar-refractivity contribution in [2.75, 3.05) is 13.2 Å². The quantitative estimate of drug-likeness (QED) is 0.381. The molecule has 1 aromatic carbocycles. The zero-order valence-corrected chi connectivity index (χ0v) is 16.1. The van der Waals surface area contributed by atoms with Crippen LogP contribution in [0, 0.1) is 5.92 Å². The summed E-state index contributed by atoms with van der Waals surface area (Å²) in [5.74, 6) is -3.38. The van der Waals surface area contributed by atoms with Crippen molar-refractivity contribution in [1.82, 2.24) is 4.57 Å². The third-order valence-corrected chi connectivity index (χ3v) is 3.68. The highest BCUT2D eigenvalue weighted by Gasteiger charge is 2.26. The Labute approximate surface area is 166 Å². The van der Waals surface area contributed by atoms with Crippen LogP contribution in [0.3, 0.4) is 0 Å². The third-order valence-electron chi connectivity index (χ3n) is 3.68. The topological polar surface area (TPSA) is 105 Å². The zero-order valence-electron chi connectivity index (χ0n) is 16.1. The summed E-state index contributed by atoms with van der Waals surface area (Å²) in [6.45, 7) is 3.56. The summed E-state index contributed by atoms with van der Waals surface area (Å²) in [5.41, 5.74) is -0.281. The molecule has 0 unspecified atom stereocenters.